The van der Waals surface area contributed by atoms with Crippen molar-refractivity contribution in [2.45, 2.75) is 19.5 Å². The summed E-state index contributed by atoms with van der Waals surface area (Å²) in [7, 11) is 4.15. The van der Waals surface area contributed by atoms with Gasteiger partial charge < -0.3 is 5.32 Å². The monoisotopic (exact) mass is 346 g/mol. The fraction of sp³-hybridized carbons (Fsp3) is 0.333. The van der Waals surface area contributed by atoms with Crippen molar-refractivity contribution < 1.29 is 0 Å². The van der Waals surface area contributed by atoms with Crippen LogP contribution in [0.25, 0.3) is 0 Å². The molecule has 2 nitrogen and oxygen atoms in total. The van der Waals surface area contributed by atoms with Gasteiger partial charge in [-0.15, -0.1) is 0 Å². The van der Waals surface area contributed by atoms with Crippen molar-refractivity contribution in [3.63, 3.8) is 0 Å². The molecular formula is C18H23BrN2. The van der Waals surface area contributed by atoms with E-state index in [1.807, 2.05) is 7.05 Å². The van der Waals surface area contributed by atoms with Crippen LogP contribution in [-0.4, -0.2) is 25.5 Å². The molecular weight excluding hydrogens is 324 g/mol. The van der Waals surface area contributed by atoms with Crippen molar-refractivity contribution in [2.24, 2.45) is 0 Å². The van der Waals surface area contributed by atoms with Gasteiger partial charge in [0.05, 0.1) is 0 Å². The van der Waals surface area contributed by atoms with Gasteiger partial charge in [0.25, 0.3) is 0 Å². The van der Waals surface area contributed by atoms with Gasteiger partial charge in [-0.3, -0.25) is 4.90 Å². The lowest BCUT2D eigenvalue weighted by molar-refractivity contribution is 0.319. The molecule has 0 spiro atoms. The van der Waals surface area contributed by atoms with Gasteiger partial charge in [-0.25, -0.2) is 0 Å². The Morgan fingerprint density at radius 2 is 1.62 bits per heavy atom. The molecule has 21 heavy (non-hydrogen) atoms. The fourth-order valence-electron chi connectivity index (χ4n) is 2.40. The van der Waals surface area contributed by atoms with Gasteiger partial charge in [0, 0.05) is 17.6 Å². The quantitative estimate of drug-likeness (QED) is 0.819. The predicted molar refractivity (Wildman–Crippen MR) is 93.4 cm³/mol. The molecule has 0 aliphatic carbocycles. The Morgan fingerprint density at radius 3 is 2.29 bits per heavy atom. The van der Waals surface area contributed by atoms with Crippen molar-refractivity contribution in [1.29, 1.82) is 0 Å². The summed E-state index contributed by atoms with van der Waals surface area (Å²) < 4.78 is 1.14. The maximum absolute atomic E-state index is 3.52. The smallest absolute Gasteiger partial charge is 0.0234 e. The van der Waals surface area contributed by atoms with Gasteiger partial charge in [-0.1, -0.05) is 52.3 Å². The second-order valence-electron chi connectivity index (χ2n) is 5.47. The molecule has 0 saturated carbocycles. The third kappa shape index (κ3) is 5.62. The molecule has 0 heterocycles. The number of hydrogen-bond donors (Lipinski definition) is 1. The molecule has 0 unspecified atom stereocenters. The molecule has 0 aliphatic rings. The van der Waals surface area contributed by atoms with Crippen LogP contribution in [0.5, 0.6) is 0 Å². The lowest BCUT2D eigenvalue weighted by atomic mass is 10.1. The van der Waals surface area contributed by atoms with Crippen LogP contribution in [0.2, 0.25) is 0 Å². The third-order valence-electron chi connectivity index (χ3n) is 3.48. The van der Waals surface area contributed by atoms with E-state index in [-0.39, 0.29) is 0 Å². The molecule has 0 amide bonds. The molecule has 2 aromatic rings. The van der Waals surface area contributed by atoms with E-state index in [0.717, 1.165) is 30.5 Å². The summed E-state index contributed by atoms with van der Waals surface area (Å²) in [4.78, 5) is 2.34. The molecule has 0 fully saturated rings. The van der Waals surface area contributed by atoms with Crippen LogP contribution < -0.4 is 5.32 Å². The highest BCUT2D eigenvalue weighted by Crippen LogP contribution is 2.14. The summed E-state index contributed by atoms with van der Waals surface area (Å²) in [5.41, 5.74) is 4.08. The Balaban J connectivity index is 1.88. The van der Waals surface area contributed by atoms with Gasteiger partial charge in [0.1, 0.15) is 0 Å². The minimum Gasteiger partial charge on any atom is -0.319 e. The number of benzene rings is 2. The van der Waals surface area contributed by atoms with Gasteiger partial charge in [-0.2, -0.15) is 0 Å². The Morgan fingerprint density at radius 1 is 0.952 bits per heavy atom. The summed E-state index contributed by atoms with van der Waals surface area (Å²) in [6.45, 7) is 2.96. The molecule has 0 radical (unpaired) electrons. The molecule has 1 N–H and O–H groups in total. The maximum Gasteiger partial charge on any atom is 0.0234 e. The molecule has 2 rings (SSSR count). The largest absolute Gasteiger partial charge is 0.319 e. The lowest BCUT2D eigenvalue weighted by Gasteiger charge is -2.17. The van der Waals surface area contributed by atoms with Crippen LogP contribution >= 0.6 is 15.9 Å². The van der Waals surface area contributed by atoms with Gasteiger partial charge in [-0.05, 0) is 55.9 Å². The van der Waals surface area contributed by atoms with Crippen LogP contribution in [0.15, 0.2) is 53.0 Å². The van der Waals surface area contributed by atoms with E-state index in [1.165, 1.54) is 16.7 Å². The van der Waals surface area contributed by atoms with Crippen LogP contribution in [-0.2, 0) is 19.5 Å². The minimum atomic E-state index is 0.959. The van der Waals surface area contributed by atoms with E-state index in [2.05, 4.69) is 81.7 Å². The van der Waals surface area contributed by atoms with Crippen LogP contribution in [0, 0.1) is 0 Å². The average Bonchev–Trinajstić information content (AvgIpc) is 2.46. The van der Waals surface area contributed by atoms with Crippen molar-refractivity contribution >= 4 is 15.9 Å². The van der Waals surface area contributed by atoms with Crippen molar-refractivity contribution in [2.75, 3.05) is 20.6 Å². The number of likely N-dealkylation sites (N-methyl/N-ethyl adjacent to an activating group) is 1. The molecule has 112 valence electrons. The first kappa shape index (κ1) is 16.2. The molecule has 3 heteroatoms. The van der Waals surface area contributed by atoms with E-state index in [1.54, 1.807) is 0 Å². The molecule has 2 aromatic carbocycles. The Labute approximate surface area is 136 Å². The van der Waals surface area contributed by atoms with Gasteiger partial charge in [0.2, 0.25) is 0 Å². The van der Waals surface area contributed by atoms with E-state index in [0.29, 0.717) is 0 Å². The standard InChI is InChI=1S/C18H23BrN2/c1-20-11-10-15-6-8-16(9-7-15)13-21(2)14-17-4-3-5-18(19)12-17/h3-9,12,20H,10-11,13-14H2,1-2H3. The van der Waals surface area contributed by atoms with Gasteiger partial charge >= 0.3 is 0 Å². The van der Waals surface area contributed by atoms with E-state index < -0.39 is 0 Å². The summed E-state index contributed by atoms with van der Waals surface area (Å²) >= 11 is 3.52. The number of rotatable bonds is 7. The highest BCUT2D eigenvalue weighted by atomic mass is 79.9. The minimum absolute atomic E-state index is 0.959. The third-order valence-corrected chi connectivity index (χ3v) is 3.97. The number of nitrogens with one attached hydrogen (secondary N) is 1. The Hall–Kier alpha value is -1.16. The second-order valence-corrected chi connectivity index (χ2v) is 6.39. The van der Waals surface area contributed by atoms with E-state index >= 15 is 0 Å². The Bertz CT molecular complexity index is 551. The molecule has 0 bridgehead atoms. The number of nitrogens with zero attached hydrogens (tertiary/aromatic N) is 1. The predicted octanol–water partition coefficient (Wildman–Crippen LogP) is 3.84. The van der Waals surface area contributed by atoms with E-state index in [9.17, 15) is 0 Å². The number of hydrogen-bond acceptors (Lipinski definition) is 2. The lowest BCUT2D eigenvalue weighted by Crippen LogP contribution is -2.17. The van der Waals surface area contributed by atoms with Crippen LogP contribution in [0.1, 0.15) is 16.7 Å². The van der Waals surface area contributed by atoms with Crippen LogP contribution in [0.3, 0.4) is 0 Å². The summed E-state index contributed by atoms with van der Waals surface area (Å²) in [5, 5.41) is 3.18. The SMILES string of the molecule is CNCCc1ccc(CN(C)Cc2cccc(Br)c2)cc1. The zero-order valence-corrected chi connectivity index (χ0v) is 14.4. The Kier molecular flexibility index (Phi) is 6.43. The van der Waals surface area contributed by atoms with Crippen molar-refractivity contribution in [3.05, 3.63) is 69.7 Å². The second kappa shape index (κ2) is 8.32. The van der Waals surface area contributed by atoms with E-state index in [4.69, 9.17) is 0 Å². The van der Waals surface area contributed by atoms with Crippen LogP contribution in [0.4, 0.5) is 0 Å². The summed E-state index contributed by atoms with van der Waals surface area (Å²) in [6.07, 6.45) is 1.09. The van der Waals surface area contributed by atoms with Crippen molar-refractivity contribution in [3.8, 4) is 0 Å². The number of halogens is 1. The van der Waals surface area contributed by atoms with Gasteiger partial charge in [0.15, 0.2) is 0 Å². The van der Waals surface area contributed by atoms with Crippen molar-refractivity contribution in [1.82, 2.24) is 10.2 Å². The summed E-state index contributed by atoms with van der Waals surface area (Å²) in [6, 6.07) is 17.4. The summed E-state index contributed by atoms with van der Waals surface area (Å²) in [5.74, 6) is 0. The average molecular weight is 347 g/mol. The normalized spacial score (nSPS) is 11.0. The topological polar surface area (TPSA) is 15.3 Å². The molecule has 0 aliphatic heterocycles. The highest BCUT2D eigenvalue weighted by molar-refractivity contribution is 9.10. The molecule has 0 atom stereocenters. The first-order chi connectivity index (χ1) is 10.2. The first-order valence-electron chi connectivity index (χ1n) is 7.33. The molecule has 0 saturated heterocycles. The fourth-order valence-corrected chi connectivity index (χ4v) is 2.84. The zero-order valence-electron chi connectivity index (χ0n) is 12.8. The highest BCUT2D eigenvalue weighted by Gasteiger charge is 2.03. The maximum atomic E-state index is 3.52. The first-order valence-corrected chi connectivity index (χ1v) is 8.12. The molecule has 0 aromatic heterocycles. The zero-order chi connectivity index (χ0) is 15.1.